The molecule has 112 valence electrons. The maximum absolute atomic E-state index is 6.22. The SMILES string of the molecule is CC(Nc1cc(Cl)c(Cl)cc1Cl)c1ccc(Cl)c(Cl)c1Cl. The van der Waals surface area contributed by atoms with Gasteiger partial charge in [-0.15, -0.1) is 0 Å². The summed E-state index contributed by atoms with van der Waals surface area (Å²) in [6.45, 7) is 1.92. The molecule has 0 bridgehead atoms. The lowest BCUT2D eigenvalue weighted by atomic mass is 10.1. The fourth-order valence-electron chi connectivity index (χ4n) is 1.82. The van der Waals surface area contributed by atoms with Crippen LogP contribution in [0.5, 0.6) is 0 Å². The van der Waals surface area contributed by atoms with Crippen LogP contribution in [-0.2, 0) is 0 Å². The molecule has 0 aromatic heterocycles. The average molecular weight is 404 g/mol. The number of hydrogen-bond acceptors (Lipinski definition) is 1. The Kier molecular flexibility index (Phi) is 5.81. The van der Waals surface area contributed by atoms with Crippen LogP contribution in [0, 0.1) is 0 Å². The van der Waals surface area contributed by atoms with Crippen molar-refractivity contribution < 1.29 is 0 Å². The molecule has 0 aliphatic heterocycles. The lowest BCUT2D eigenvalue weighted by Gasteiger charge is -2.19. The van der Waals surface area contributed by atoms with E-state index < -0.39 is 0 Å². The van der Waals surface area contributed by atoms with Gasteiger partial charge in [-0.1, -0.05) is 75.7 Å². The highest BCUT2D eigenvalue weighted by molar-refractivity contribution is 6.48. The summed E-state index contributed by atoms with van der Waals surface area (Å²) in [5, 5.41) is 5.63. The van der Waals surface area contributed by atoms with Gasteiger partial charge in [0.05, 0.1) is 41.9 Å². The van der Waals surface area contributed by atoms with Crippen LogP contribution >= 0.6 is 69.6 Å². The van der Waals surface area contributed by atoms with Crippen molar-refractivity contribution >= 4 is 75.3 Å². The zero-order chi connectivity index (χ0) is 15.7. The summed E-state index contributed by atoms with van der Waals surface area (Å²) in [5.41, 5.74) is 1.45. The van der Waals surface area contributed by atoms with Crippen molar-refractivity contribution in [1.82, 2.24) is 0 Å². The van der Waals surface area contributed by atoms with E-state index in [4.69, 9.17) is 69.6 Å². The van der Waals surface area contributed by atoms with Gasteiger partial charge in [0.2, 0.25) is 0 Å². The first-order chi connectivity index (χ1) is 9.81. The molecule has 1 unspecified atom stereocenters. The van der Waals surface area contributed by atoms with Crippen molar-refractivity contribution in [2.24, 2.45) is 0 Å². The molecular weight excluding hydrogens is 395 g/mol. The van der Waals surface area contributed by atoms with E-state index in [-0.39, 0.29) is 6.04 Å². The monoisotopic (exact) mass is 401 g/mol. The summed E-state index contributed by atoms with van der Waals surface area (Å²) in [7, 11) is 0. The third-order valence-electron chi connectivity index (χ3n) is 2.91. The van der Waals surface area contributed by atoms with Crippen LogP contribution in [0.4, 0.5) is 5.69 Å². The highest BCUT2D eigenvalue weighted by Gasteiger charge is 2.16. The van der Waals surface area contributed by atoms with Gasteiger partial charge in [0.1, 0.15) is 0 Å². The van der Waals surface area contributed by atoms with Crippen LogP contribution in [0.25, 0.3) is 0 Å². The number of hydrogen-bond donors (Lipinski definition) is 1. The zero-order valence-corrected chi connectivity index (χ0v) is 15.2. The molecule has 0 saturated heterocycles. The van der Waals surface area contributed by atoms with Crippen molar-refractivity contribution in [2.75, 3.05) is 5.32 Å². The highest BCUT2D eigenvalue weighted by atomic mass is 35.5. The summed E-state index contributed by atoms with van der Waals surface area (Å²) in [6.07, 6.45) is 0. The molecule has 1 nitrogen and oxygen atoms in total. The lowest BCUT2D eigenvalue weighted by molar-refractivity contribution is 0.885. The van der Waals surface area contributed by atoms with Crippen molar-refractivity contribution in [1.29, 1.82) is 0 Å². The fraction of sp³-hybridized carbons (Fsp3) is 0.143. The Bertz CT molecular complexity index is 686. The first-order valence-corrected chi connectivity index (χ1v) is 8.12. The predicted molar refractivity (Wildman–Crippen MR) is 95.0 cm³/mol. The van der Waals surface area contributed by atoms with Crippen molar-refractivity contribution in [3.05, 3.63) is 60.0 Å². The summed E-state index contributed by atoms with van der Waals surface area (Å²) in [5.74, 6) is 0. The maximum atomic E-state index is 6.22. The third-order valence-corrected chi connectivity index (χ3v) is 5.26. The number of halogens is 6. The topological polar surface area (TPSA) is 12.0 Å². The van der Waals surface area contributed by atoms with E-state index in [1.54, 1.807) is 24.3 Å². The van der Waals surface area contributed by atoms with Gasteiger partial charge in [-0.25, -0.2) is 0 Å². The summed E-state index contributed by atoms with van der Waals surface area (Å²) in [4.78, 5) is 0. The minimum atomic E-state index is -0.151. The highest BCUT2D eigenvalue weighted by Crippen LogP contribution is 2.38. The Labute approximate surface area is 153 Å². The molecule has 2 aromatic carbocycles. The molecule has 0 fully saturated rings. The molecule has 1 atom stereocenters. The molecule has 0 radical (unpaired) electrons. The summed E-state index contributed by atoms with van der Waals surface area (Å²) >= 11 is 36.2. The number of nitrogens with one attached hydrogen (secondary N) is 1. The van der Waals surface area contributed by atoms with Gasteiger partial charge < -0.3 is 5.32 Å². The number of benzene rings is 2. The molecule has 0 saturated carbocycles. The van der Waals surface area contributed by atoms with Crippen molar-refractivity contribution in [3.8, 4) is 0 Å². The minimum Gasteiger partial charge on any atom is -0.377 e. The minimum absolute atomic E-state index is 0.151. The standard InChI is InChI=1S/C14H9Cl6N/c1-6(7-2-3-8(15)14(20)13(7)19)21-12-5-10(17)9(16)4-11(12)18/h2-6,21H,1H3. The fourth-order valence-corrected chi connectivity index (χ4v) is 3.13. The van der Waals surface area contributed by atoms with Gasteiger partial charge in [0.25, 0.3) is 0 Å². The zero-order valence-electron chi connectivity index (χ0n) is 10.7. The summed E-state index contributed by atoms with van der Waals surface area (Å²) < 4.78 is 0. The summed E-state index contributed by atoms with van der Waals surface area (Å²) in [6, 6.07) is 6.59. The van der Waals surface area contributed by atoms with Crippen LogP contribution in [0.3, 0.4) is 0 Å². The lowest BCUT2D eigenvalue weighted by Crippen LogP contribution is -2.08. The molecule has 2 aromatic rings. The molecule has 7 heteroatoms. The Balaban J connectivity index is 2.32. The second-order valence-corrected chi connectivity index (χ2v) is 6.76. The largest absolute Gasteiger partial charge is 0.377 e. The van der Waals surface area contributed by atoms with Gasteiger partial charge >= 0.3 is 0 Å². The van der Waals surface area contributed by atoms with Crippen LogP contribution in [0.1, 0.15) is 18.5 Å². The van der Waals surface area contributed by atoms with Crippen LogP contribution in [0.15, 0.2) is 24.3 Å². The van der Waals surface area contributed by atoms with E-state index in [9.17, 15) is 0 Å². The van der Waals surface area contributed by atoms with Gasteiger partial charge in [-0.05, 0) is 30.7 Å². The molecule has 0 spiro atoms. The molecule has 2 rings (SSSR count). The van der Waals surface area contributed by atoms with E-state index in [0.29, 0.717) is 35.8 Å². The van der Waals surface area contributed by atoms with Gasteiger partial charge in [0, 0.05) is 0 Å². The molecule has 0 amide bonds. The number of rotatable bonds is 3. The Morgan fingerprint density at radius 3 is 2.05 bits per heavy atom. The average Bonchev–Trinajstić information content (AvgIpc) is 2.42. The second kappa shape index (κ2) is 7.04. The van der Waals surface area contributed by atoms with Gasteiger partial charge in [-0.2, -0.15) is 0 Å². The van der Waals surface area contributed by atoms with Crippen molar-refractivity contribution in [3.63, 3.8) is 0 Å². The predicted octanol–water partition coefficient (Wildman–Crippen LogP) is 7.78. The Hall–Kier alpha value is -0.0200. The van der Waals surface area contributed by atoms with E-state index in [2.05, 4.69) is 5.32 Å². The molecule has 0 aliphatic carbocycles. The maximum Gasteiger partial charge on any atom is 0.0782 e. The van der Waals surface area contributed by atoms with Gasteiger partial charge in [0.15, 0.2) is 0 Å². The quantitative estimate of drug-likeness (QED) is 0.407. The first kappa shape index (κ1) is 17.3. The van der Waals surface area contributed by atoms with E-state index in [1.165, 1.54) is 0 Å². The third kappa shape index (κ3) is 3.85. The number of anilines is 1. The Morgan fingerprint density at radius 2 is 1.38 bits per heavy atom. The van der Waals surface area contributed by atoms with E-state index >= 15 is 0 Å². The van der Waals surface area contributed by atoms with E-state index in [1.807, 2.05) is 6.92 Å². The molecular formula is C14H9Cl6N. The molecule has 1 N–H and O–H groups in total. The van der Waals surface area contributed by atoms with Gasteiger partial charge in [-0.3, -0.25) is 0 Å². The van der Waals surface area contributed by atoms with E-state index in [0.717, 1.165) is 5.56 Å². The molecule has 0 heterocycles. The Morgan fingerprint density at radius 1 is 0.762 bits per heavy atom. The smallest absolute Gasteiger partial charge is 0.0782 e. The second-order valence-electron chi connectivity index (χ2n) is 4.38. The normalized spacial score (nSPS) is 12.3. The van der Waals surface area contributed by atoms with Crippen molar-refractivity contribution in [2.45, 2.75) is 13.0 Å². The van der Waals surface area contributed by atoms with Crippen LogP contribution in [0.2, 0.25) is 30.1 Å². The molecule has 0 aliphatic rings. The van der Waals surface area contributed by atoms with Crippen LogP contribution < -0.4 is 5.32 Å². The molecule has 21 heavy (non-hydrogen) atoms. The van der Waals surface area contributed by atoms with Crippen LogP contribution in [-0.4, -0.2) is 0 Å². The first-order valence-electron chi connectivity index (χ1n) is 5.85.